The summed E-state index contributed by atoms with van der Waals surface area (Å²) in [5.74, 6) is -0.384. The largest absolute Gasteiger partial charge is 0.419 e. The second-order valence-corrected chi connectivity index (χ2v) is 5.59. The fourth-order valence-electron chi connectivity index (χ4n) is 2.53. The molecule has 6 nitrogen and oxygen atoms in total. The van der Waals surface area contributed by atoms with Crippen molar-refractivity contribution in [3.05, 3.63) is 28.7 Å². The predicted molar refractivity (Wildman–Crippen MR) is 75.9 cm³/mol. The second kappa shape index (κ2) is 4.21. The highest BCUT2D eigenvalue weighted by Crippen LogP contribution is 2.25. The van der Waals surface area contributed by atoms with Crippen LogP contribution < -0.4 is 16.0 Å². The van der Waals surface area contributed by atoms with Gasteiger partial charge in [-0.1, -0.05) is 0 Å². The summed E-state index contributed by atoms with van der Waals surface area (Å²) in [5.41, 5.74) is 1.40. The van der Waals surface area contributed by atoms with Crippen LogP contribution in [0.4, 0.5) is 5.69 Å². The number of nitrogens with one attached hydrogen (secondary N) is 1. The lowest BCUT2D eigenvalue weighted by Gasteiger charge is -2.38. The van der Waals surface area contributed by atoms with Gasteiger partial charge in [-0.25, -0.2) is 4.79 Å². The molecule has 1 aliphatic heterocycles. The molecule has 2 heterocycles. The van der Waals surface area contributed by atoms with Crippen LogP contribution >= 0.6 is 0 Å². The number of piperazine rings is 1. The topological polar surface area (TPSA) is 67.5 Å². The Hall–Kier alpha value is -2.08. The van der Waals surface area contributed by atoms with Gasteiger partial charge in [0.15, 0.2) is 5.58 Å². The van der Waals surface area contributed by atoms with Gasteiger partial charge in [0.1, 0.15) is 0 Å². The van der Waals surface area contributed by atoms with Crippen molar-refractivity contribution in [1.29, 1.82) is 0 Å². The molecule has 0 aliphatic carbocycles. The highest BCUT2D eigenvalue weighted by atomic mass is 16.4. The summed E-state index contributed by atoms with van der Waals surface area (Å²) in [6.45, 7) is 5.06. The van der Waals surface area contributed by atoms with Gasteiger partial charge in [0.2, 0.25) is 5.91 Å². The molecule has 1 aliphatic rings. The number of fused-ring (bicyclic) bond motifs is 1. The minimum Gasteiger partial charge on any atom is -0.408 e. The fraction of sp³-hybridized carbons (Fsp3) is 0.429. The molecule has 6 heteroatoms. The third-order valence-electron chi connectivity index (χ3n) is 3.77. The number of hydrogen-bond acceptors (Lipinski definition) is 4. The Bertz CT molecular complexity index is 742. The average Bonchev–Trinajstić information content (AvgIpc) is 2.68. The Morgan fingerprint density at radius 3 is 2.80 bits per heavy atom. The van der Waals surface area contributed by atoms with Crippen LogP contribution in [0.2, 0.25) is 0 Å². The zero-order chi connectivity index (χ0) is 14.5. The van der Waals surface area contributed by atoms with Gasteiger partial charge in [0.25, 0.3) is 0 Å². The van der Waals surface area contributed by atoms with E-state index >= 15 is 0 Å². The lowest BCUT2D eigenvalue weighted by atomic mass is 10.0. The lowest BCUT2D eigenvalue weighted by molar-refractivity contribution is -0.124. The van der Waals surface area contributed by atoms with E-state index in [1.165, 1.54) is 4.57 Å². The number of anilines is 1. The van der Waals surface area contributed by atoms with Gasteiger partial charge in [0, 0.05) is 31.9 Å². The summed E-state index contributed by atoms with van der Waals surface area (Å²) < 4.78 is 6.62. The van der Waals surface area contributed by atoms with E-state index in [0.29, 0.717) is 12.1 Å². The number of carbonyl (C=O) groups is 1. The van der Waals surface area contributed by atoms with Crippen LogP contribution in [0, 0.1) is 0 Å². The van der Waals surface area contributed by atoms with E-state index in [9.17, 15) is 9.59 Å². The fourth-order valence-corrected chi connectivity index (χ4v) is 2.53. The van der Waals surface area contributed by atoms with Gasteiger partial charge in [0.05, 0.1) is 11.1 Å². The van der Waals surface area contributed by atoms with E-state index in [1.807, 2.05) is 19.9 Å². The molecule has 1 aromatic heterocycles. The number of hydrogen-bond donors (Lipinski definition) is 1. The summed E-state index contributed by atoms with van der Waals surface area (Å²) in [7, 11) is 1.66. The van der Waals surface area contributed by atoms with Gasteiger partial charge in [-0.15, -0.1) is 0 Å². The first-order valence-corrected chi connectivity index (χ1v) is 6.57. The maximum absolute atomic E-state index is 12.4. The molecule has 1 aromatic carbocycles. The monoisotopic (exact) mass is 275 g/mol. The van der Waals surface area contributed by atoms with Crippen molar-refractivity contribution in [3.63, 3.8) is 0 Å². The number of oxazole rings is 1. The standard InChI is InChI=1S/C14H17N3O3/c1-14(2)12(18)17(7-6-15-14)9-4-5-10-11(8-9)20-13(19)16(10)3/h4-5,8,15H,6-7H2,1-3H3. The average molecular weight is 275 g/mol. The minimum atomic E-state index is -0.579. The smallest absolute Gasteiger partial charge is 0.408 e. The van der Waals surface area contributed by atoms with Crippen LogP contribution in [0.25, 0.3) is 11.1 Å². The third kappa shape index (κ3) is 1.84. The Morgan fingerprint density at radius 2 is 2.05 bits per heavy atom. The summed E-state index contributed by atoms with van der Waals surface area (Å²) >= 11 is 0. The maximum Gasteiger partial charge on any atom is 0.419 e. The molecule has 0 bridgehead atoms. The van der Waals surface area contributed by atoms with Crippen LogP contribution in [0.15, 0.2) is 27.4 Å². The van der Waals surface area contributed by atoms with E-state index in [0.717, 1.165) is 17.7 Å². The number of benzene rings is 1. The quantitative estimate of drug-likeness (QED) is 0.837. The molecule has 0 spiro atoms. The predicted octanol–water partition coefficient (Wildman–Crippen LogP) is 0.846. The minimum absolute atomic E-state index is 0.0152. The van der Waals surface area contributed by atoms with Gasteiger partial charge in [-0.2, -0.15) is 0 Å². The number of aryl methyl sites for hydroxylation is 1. The molecule has 3 rings (SSSR count). The van der Waals surface area contributed by atoms with Gasteiger partial charge in [-0.05, 0) is 26.0 Å². The third-order valence-corrected chi connectivity index (χ3v) is 3.77. The molecular weight excluding hydrogens is 258 g/mol. The zero-order valence-electron chi connectivity index (χ0n) is 11.8. The van der Waals surface area contributed by atoms with Crippen molar-refractivity contribution < 1.29 is 9.21 Å². The molecular formula is C14H17N3O3. The lowest BCUT2D eigenvalue weighted by Crippen LogP contribution is -2.61. The SMILES string of the molecule is Cn1c(=O)oc2cc(N3CCNC(C)(C)C3=O)ccc21. The van der Waals surface area contributed by atoms with Crippen molar-refractivity contribution >= 4 is 22.7 Å². The molecule has 1 N–H and O–H groups in total. The number of amides is 1. The Morgan fingerprint density at radius 1 is 1.30 bits per heavy atom. The zero-order valence-corrected chi connectivity index (χ0v) is 11.8. The van der Waals surface area contributed by atoms with Crippen LogP contribution in [0.1, 0.15) is 13.8 Å². The number of carbonyl (C=O) groups excluding carboxylic acids is 1. The highest BCUT2D eigenvalue weighted by molar-refractivity contribution is 6.01. The number of aromatic nitrogens is 1. The van der Waals surface area contributed by atoms with Gasteiger partial charge >= 0.3 is 5.76 Å². The van der Waals surface area contributed by atoms with Crippen molar-refractivity contribution in [3.8, 4) is 0 Å². The molecule has 0 unspecified atom stereocenters. The molecule has 106 valence electrons. The highest BCUT2D eigenvalue weighted by Gasteiger charge is 2.36. The molecule has 0 saturated carbocycles. The van der Waals surface area contributed by atoms with E-state index in [-0.39, 0.29) is 5.91 Å². The van der Waals surface area contributed by atoms with E-state index in [1.54, 1.807) is 24.1 Å². The first kappa shape index (κ1) is 12.9. The normalized spacial score (nSPS) is 18.8. The molecule has 1 amide bonds. The summed E-state index contributed by atoms with van der Waals surface area (Å²) in [5, 5.41) is 3.19. The summed E-state index contributed by atoms with van der Waals surface area (Å²) in [4.78, 5) is 25.6. The molecule has 1 saturated heterocycles. The Labute approximate surface area is 116 Å². The first-order valence-electron chi connectivity index (χ1n) is 6.57. The maximum atomic E-state index is 12.4. The van der Waals surface area contributed by atoms with Crippen LogP contribution in [-0.2, 0) is 11.8 Å². The van der Waals surface area contributed by atoms with Crippen molar-refractivity contribution in [2.45, 2.75) is 19.4 Å². The molecule has 2 aromatic rings. The van der Waals surface area contributed by atoms with Crippen LogP contribution in [-0.4, -0.2) is 29.1 Å². The Balaban J connectivity index is 2.06. The molecule has 1 fully saturated rings. The van der Waals surface area contributed by atoms with E-state index < -0.39 is 11.3 Å². The van der Waals surface area contributed by atoms with Crippen LogP contribution in [0.3, 0.4) is 0 Å². The Kier molecular flexibility index (Phi) is 2.72. The van der Waals surface area contributed by atoms with Crippen LogP contribution in [0.5, 0.6) is 0 Å². The van der Waals surface area contributed by atoms with E-state index in [2.05, 4.69) is 5.32 Å². The van der Waals surface area contributed by atoms with E-state index in [4.69, 9.17) is 4.42 Å². The number of nitrogens with zero attached hydrogens (tertiary/aromatic N) is 2. The number of rotatable bonds is 1. The van der Waals surface area contributed by atoms with Crippen molar-refractivity contribution in [2.75, 3.05) is 18.0 Å². The van der Waals surface area contributed by atoms with Crippen molar-refractivity contribution in [1.82, 2.24) is 9.88 Å². The van der Waals surface area contributed by atoms with Gasteiger partial charge in [-0.3, -0.25) is 9.36 Å². The molecule has 20 heavy (non-hydrogen) atoms. The molecule has 0 radical (unpaired) electrons. The van der Waals surface area contributed by atoms with Crippen molar-refractivity contribution in [2.24, 2.45) is 7.05 Å². The first-order chi connectivity index (χ1) is 9.40. The molecule has 0 atom stereocenters. The summed E-state index contributed by atoms with van der Waals surface area (Å²) in [6, 6.07) is 5.39. The second-order valence-electron chi connectivity index (χ2n) is 5.59. The van der Waals surface area contributed by atoms with Gasteiger partial charge < -0.3 is 14.6 Å². The summed E-state index contributed by atoms with van der Waals surface area (Å²) in [6.07, 6.45) is 0.